The Morgan fingerprint density at radius 2 is 1.80 bits per heavy atom. The third-order valence-corrected chi connectivity index (χ3v) is 6.05. The van der Waals surface area contributed by atoms with Crippen molar-refractivity contribution in [3.63, 3.8) is 0 Å². The third kappa shape index (κ3) is 3.98. The number of hydrogen-bond donors (Lipinski definition) is 1. The highest BCUT2D eigenvalue weighted by molar-refractivity contribution is 7.99. The largest absolute Gasteiger partial charge is 0.443 e. The highest BCUT2D eigenvalue weighted by Crippen LogP contribution is 2.46. The molecule has 1 aromatic heterocycles. The number of pyridine rings is 1. The van der Waals surface area contributed by atoms with Crippen molar-refractivity contribution in [3.05, 3.63) is 70.1 Å². The van der Waals surface area contributed by atoms with Gasteiger partial charge in [0.05, 0.1) is 27.2 Å². The summed E-state index contributed by atoms with van der Waals surface area (Å²) in [6.45, 7) is 5.19. The smallest absolute Gasteiger partial charge is 0.312 e. The zero-order chi connectivity index (χ0) is 21.5. The Bertz CT molecular complexity index is 1180. The first kappa shape index (κ1) is 20.6. The SMILES string of the molecule is CC(C)(C)C(=O)OCn1cc2c(c(-c3ccc(Cl)cc3)c1=O)Nc1ccccc1S2. The van der Waals surface area contributed by atoms with Crippen molar-refractivity contribution in [2.45, 2.75) is 37.3 Å². The summed E-state index contributed by atoms with van der Waals surface area (Å²) in [6, 6.07) is 15.1. The summed E-state index contributed by atoms with van der Waals surface area (Å²) in [6.07, 6.45) is 1.74. The van der Waals surface area contributed by atoms with Crippen LogP contribution in [-0.4, -0.2) is 10.5 Å². The number of hydrogen-bond acceptors (Lipinski definition) is 5. The summed E-state index contributed by atoms with van der Waals surface area (Å²) in [5, 5.41) is 4.00. The second-order valence-electron chi connectivity index (χ2n) is 8.06. The van der Waals surface area contributed by atoms with Gasteiger partial charge in [-0.25, -0.2) is 0 Å². The van der Waals surface area contributed by atoms with Gasteiger partial charge in [-0.05, 0) is 50.6 Å². The molecule has 30 heavy (non-hydrogen) atoms. The lowest BCUT2D eigenvalue weighted by molar-refractivity contribution is -0.157. The van der Waals surface area contributed by atoms with Crippen LogP contribution in [0, 0.1) is 5.41 Å². The highest BCUT2D eigenvalue weighted by Gasteiger charge is 2.26. The molecule has 1 N–H and O–H groups in total. The molecule has 2 heterocycles. The molecule has 4 rings (SSSR count). The molecule has 0 spiro atoms. The van der Waals surface area contributed by atoms with Crippen LogP contribution >= 0.6 is 23.4 Å². The Hall–Kier alpha value is -2.70. The van der Waals surface area contributed by atoms with Crippen molar-refractivity contribution >= 4 is 40.7 Å². The van der Waals surface area contributed by atoms with Gasteiger partial charge in [0.2, 0.25) is 0 Å². The third-order valence-electron chi connectivity index (χ3n) is 4.69. The monoisotopic (exact) mass is 440 g/mol. The van der Waals surface area contributed by atoms with Crippen LogP contribution in [0.4, 0.5) is 11.4 Å². The van der Waals surface area contributed by atoms with Gasteiger partial charge in [0, 0.05) is 16.1 Å². The number of para-hydroxylation sites is 1. The highest BCUT2D eigenvalue weighted by atomic mass is 35.5. The van der Waals surface area contributed by atoms with Crippen molar-refractivity contribution < 1.29 is 9.53 Å². The molecule has 0 bridgehead atoms. The van der Waals surface area contributed by atoms with Crippen LogP contribution < -0.4 is 10.9 Å². The van der Waals surface area contributed by atoms with Gasteiger partial charge in [0.15, 0.2) is 6.73 Å². The van der Waals surface area contributed by atoms with E-state index in [1.165, 1.54) is 4.57 Å². The number of ether oxygens (including phenoxy) is 1. The van der Waals surface area contributed by atoms with E-state index in [0.717, 1.165) is 26.7 Å². The number of esters is 1. The maximum absolute atomic E-state index is 13.4. The molecule has 2 aromatic carbocycles. The van der Waals surface area contributed by atoms with E-state index in [1.54, 1.807) is 50.9 Å². The molecule has 7 heteroatoms. The van der Waals surface area contributed by atoms with Gasteiger partial charge < -0.3 is 10.1 Å². The standard InChI is InChI=1S/C23H21ClN2O3S/c1-23(2,3)22(28)29-13-26-12-18-20(25-16-6-4-5-7-17(16)30-18)19(21(26)27)14-8-10-15(24)11-9-14/h4-12,25H,13H2,1-3H3. The van der Waals surface area contributed by atoms with Gasteiger partial charge in [0.25, 0.3) is 5.56 Å². The van der Waals surface area contributed by atoms with Crippen molar-refractivity contribution in [2.24, 2.45) is 5.41 Å². The Morgan fingerprint density at radius 1 is 1.10 bits per heavy atom. The minimum absolute atomic E-state index is 0.148. The van der Waals surface area contributed by atoms with E-state index in [9.17, 15) is 9.59 Å². The van der Waals surface area contributed by atoms with Crippen LogP contribution in [0.25, 0.3) is 11.1 Å². The molecule has 0 saturated heterocycles. The second kappa shape index (κ2) is 7.85. The zero-order valence-electron chi connectivity index (χ0n) is 16.9. The number of carbonyl (C=O) groups is 1. The number of aromatic nitrogens is 1. The van der Waals surface area contributed by atoms with Gasteiger partial charge >= 0.3 is 5.97 Å². The first-order valence-electron chi connectivity index (χ1n) is 9.48. The van der Waals surface area contributed by atoms with Gasteiger partial charge in [-0.2, -0.15) is 0 Å². The lowest BCUT2D eigenvalue weighted by Gasteiger charge is -2.25. The molecule has 1 aliphatic rings. The first-order chi connectivity index (χ1) is 14.2. The van der Waals surface area contributed by atoms with E-state index in [0.29, 0.717) is 10.6 Å². The predicted octanol–water partition coefficient (Wildman–Crippen LogP) is 5.92. The van der Waals surface area contributed by atoms with Crippen LogP contribution in [0.15, 0.2) is 69.3 Å². The number of anilines is 2. The van der Waals surface area contributed by atoms with Gasteiger partial charge in [-0.1, -0.05) is 47.6 Å². The molecule has 3 aromatic rings. The topological polar surface area (TPSA) is 60.3 Å². The molecule has 0 aliphatic carbocycles. The minimum atomic E-state index is -0.647. The van der Waals surface area contributed by atoms with Crippen LogP contribution in [0.2, 0.25) is 5.02 Å². The summed E-state index contributed by atoms with van der Waals surface area (Å²) < 4.78 is 6.86. The Balaban J connectivity index is 1.82. The van der Waals surface area contributed by atoms with Crippen LogP contribution in [0.5, 0.6) is 0 Å². The van der Waals surface area contributed by atoms with Gasteiger partial charge in [0.1, 0.15) is 0 Å². The summed E-state index contributed by atoms with van der Waals surface area (Å²) in [5.74, 6) is -0.365. The number of rotatable bonds is 3. The van der Waals surface area contributed by atoms with Gasteiger partial charge in [-0.3, -0.25) is 14.2 Å². The molecule has 0 fully saturated rings. The molecule has 0 unspecified atom stereocenters. The number of benzene rings is 2. The number of nitrogens with zero attached hydrogens (tertiary/aromatic N) is 1. The normalized spacial score (nSPS) is 12.5. The summed E-state index contributed by atoms with van der Waals surface area (Å²) in [5.41, 5.74) is 2.05. The fraction of sp³-hybridized carbons (Fsp3) is 0.217. The van der Waals surface area contributed by atoms with Crippen molar-refractivity contribution in [3.8, 4) is 11.1 Å². The second-order valence-corrected chi connectivity index (χ2v) is 9.58. The minimum Gasteiger partial charge on any atom is -0.443 e. The summed E-state index contributed by atoms with van der Waals surface area (Å²) in [4.78, 5) is 27.6. The molecule has 154 valence electrons. The van der Waals surface area contributed by atoms with Gasteiger partial charge in [-0.15, -0.1) is 0 Å². The molecule has 0 amide bonds. The summed E-state index contributed by atoms with van der Waals surface area (Å²) >= 11 is 7.62. The number of halogens is 1. The maximum Gasteiger partial charge on any atom is 0.312 e. The van der Waals surface area contributed by atoms with E-state index in [2.05, 4.69) is 5.32 Å². The van der Waals surface area contributed by atoms with Crippen molar-refractivity contribution in [1.82, 2.24) is 4.57 Å². The maximum atomic E-state index is 13.4. The van der Waals surface area contributed by atoms with E-state index < -0.39 is 5.41 Å². The van der Waals surface area contributed by atoms with Crippen molar-refractivity contribution in [2.75, 3.05) is 5.32 Å². The number of carbonyl (C=O) groups excluding carboxylic acids is 1. The lowest BCUT2D eigenvalue weighted by atomic mass is 9.98. The average molecular weight is 441 g/mol. The summed E-state index contributed by atoms with van der Waals surface area (Å²) in [7, 11) is 0. The molecular formula is C23H21ClN2O3S. The Morgan fingerprint density at radius 3 is 2.50 bits per heavy atom. The van der Waals surface area contributed by atoms with E-state index in [4.69, 9.17) is 16.3 Å². The molecular weight excluding hydrogens is 420 g/mol. The zero-order valence-corrected chi connectivity index (χ0v) is 18.4. The molecule has 1 aliphatic heterocycles. The number of nitrogens with one attached hydrogen (secondary N) is 1. The van der Waals surface area contributed by atoms with E-state index in [-0.39, 0.29) is 18.3 Å². The van der Waals surface area contributed by atoms with Crippen molar-refractivity contribution in [1.29, 1.82) is 0 Å². The Labute approximate surface area is 184 Å². The first-order valence-corrected chi connectivity index (χ1v) is 10.7. The molecule has 5 nitrogen and oxygen atoms in total. The number of fused-ring (bicyclic) bond motifs is 2. The average Bonchev–Trinajstić information content (AvgIpc) is 2.71. The van der Waals surface area contributed by atoms with Crippen LogP contribution in [-0.2, 0) is 16.3 Å². The molecule has 0 radical (unpaired) electrons. The van der Waals surface area contributed by atoms with E-state index >= 15 is 0 Å². The van der Waals surface area contributed by atoms with E-state index in [1.807, 2.05) is 36.4 Å². The van der Waals surface area contributed by atoms with Crippen LogP contribution in [0.3, 0.4) is 0 Å². The fourth-order valence-electron chi connectivity index (χ4n) is 3.08. The Kier molecular flexibility index (Phi) is 5.38. The lowest BCUT2D eigenvalue weighted by Crippen LogP contribution is -2.29. The fourth-order valence-corrected chi connectivity index (χ4v) is 4.25. The predicted molar refractivity (Wildman–Crippen MR) is 121 cm³/mol. The van der Waals surface area contributed by atoms with Crippen LogP contribution in [0.1, 0.15) is 20.8 Å². The molecule has 0 atom stereocenters. The quantitative estimate of drug-likeness (QED) is 0.400. The molecule has 0 saturated carbocycles.